The molecule has 15 heavy (non-hydrogen) atoms. The third-order valence-corrected chi connectivity index (χ3v) is 2.26. The minimum atomic E-state index is -0.782. The first-order valence-corrected chi connectivity index (χ1v) is 5.12. The first-order chi connectivity index (χ1) is 7.00. The summed E-state index contributed by atoms with van der Waals surface area (Å²) in [5.74, 6) is 0. The van der Waals surface area contributed by atoms with Gasteiger partial charge >= 0.3 is 0 Å². The highest BCUT2D eigenvalue weighted by Crippen LogP contribution is 2.16. The fourth-order valence-corrected chi connectivity index (χ4v) is 1.62. The number of aliphatic hydroxyl groups is 1. The molecule has 0 fully saturated rings. The van der Waals surface area contributed by atoms with E-state index in [1.807, 2.05) is 39.1 Å². The lowest BCUT2D eigenvalue weighted by atomic mass is 10.2. The second-order valence-electron chi connectivity index (χ2n) is 3.78. The predicted octanol–water partition coefficient (Wildman–Crippen LogP) is 1.19. The maximum Gasteiger partial charge on any atom is 0.122 e. The molecule has 1 aliphatic rings. The number of nitrogens with zero attached hydrogens (tertiary/aromatic N) is 2. The minimum absolute atomic E-state index is 0.112. The van der Waals surface area contributed by atoms with Crippen molar-refractivity contribution in [3.8, 4) is 0 Å². The molecule has 0 saturated heterocycles. The number of aliphatic imine (C=N–C) groups is 1. The molecule has 1 rings (SSSR count). The van der Waals surface area contributed by atoms with E-state index in [2.05, 4.69) is 9.89 Å². The van der Waals surface area contributed by atoms with Gasteiger partial charge in [-0.3, -0.25) is 4.99 Å². The van der Waals surface area contributed by atoms with Gasteiger partial charge in [0, 0.05) is 24.0 Å². The van der Waals surface area contributed by atoms with Gasteiger partial charge in [0.15, 0.2) is 0 Å². The zero-order chi connectivity index (χ0) is 11.4. The maximum absolute atomic E-state index is 8.92. The zero-order valence-corrected chi connectivity index (χ0v) is 9.51. The molecule has 2 atom stereocenters. The normalized spacial score (nSPS) is 24.1. The highest BCUT2D eigenvalue weighted by molar-refractivity contribution is 5.94. The number of nitrogens with two attached hydrogens (primary N) is 1. The largest absolute Gasteiger partial charge is 0.379 e. The van der Waals surface area contributed by atoms with E-state index in [9.17, 15) is 0 Å². The van der Waals surface area contributed by atoms with Crippen molar-refractivity contribution < 1.29 is 5.11 Å². The molecule has 0 spiro atoms. The van der Waals surface area contributed by atoms with Crippen molar-refractivity contribution in [2.24, 2.45) is 10.7 Å². The molecule has 0 aliphatic carbocycles. The monoisotopic (exact) mass is 209 g/mol. The Bertz CT molecular complexity index is 305. The first kappa shape index (κ1) is 11.9. The summed E-state index contributed by atoms with van der Waals surface area (Å²) in [6.45, 7) is 6.06. The summed E-state index contributed by atoms with van der Waals surface area (Å²) in [5, 5.41) is 8.92. The molecular formula is C11H19N3O. The van der Waals surface area contributed by atoms with Crippen molar-refractivity contribution in [1.29, 1.82) is 0 Å². The van der Waals surface area contributed by atoms with Crippen LogP contribution in [0.4, 0.5) is 0 Å². The molecule has 1 heterocycles. The second-order valence-corrected chi connectivity index (χ2v) is 3.78. The molecule has 0 aromatic rings. The van der Waals surface area contributed by atoms with Crippen molar-refractivity contribution in [3.05, 3.63) is 24.0 Å². The van der Waals surface area contributed by atoms with Crippen molar-refractivity contribution in [2.45, 2.75) is 39.6 Å². The minimum Gasteiger partial charge on any atom is -0.379 e. The average molecular weight is 209 g/mol. The van der Waals surface area contributed by atoms with Crippen LogP contribution in [-0.2, 0) is 0 Å². The van der Waals surface area contributed by atoms with Crippen LogP contribution < -0.4 is 5.73 Å². The highest BCUT2D eigenvalue weighted by atomic mass is 16.3. The molecule has 1 aliphatic heterocycles. The predicted molar refractivity (Wildman–Crippen MR) is 62.1 cm³/mol. The lowest BCUT2D eigenvalue weighted by molar-refractivity contribution is 0.185. The smallest absolute Gasteiger partial charge is 0.122 e. The summed E-state index contributed by atoms with van der Waals surface area (Å²) >= 11 is 0. The Morgan fingerprint density at radius 1 is 1.67 bits per heavy atom. The fraction of sp³-hybridized carbons (Fsp3) is 0.545. The van der Waals surface area contributed by atoms with Crippen LogP contribution in [0.25, 0.3) is 0 Å². The molecule has 0 aromatic heterocycles. The van der Waals surface area contributed by atoms with Crippen molar-refractivity contribution in [2.75, 3.05) is 0 Å². The van der Waals surface area contributed by atoms with Crippen LogP contribution in [-0.4, -0.2) is 28.1 Å². The Labute approximate surface area is 90.8 Å². The van der Waals surface area contributed by atoms with E-state index >= 15 is 0 Å². The third kappa shape index (κ3) is 3.49. The highest BCUT2D eigenvalue weighted by Gasteiger charge is 2.14. The van der Waals surface area contributed by atoms with Gasteiger partial charge in [-0.05, 0) is 26.8 Å². The van der Waals surface area contributed by atoms with E-state index in [4.69, 9.17) is 10.8 Å². The number of hydrogen-bond acceptors (Lipinski definition) is 4. The lowest BCUT2D eigenvalue weighted by Crippen LogP contribution is -2.29. The fourth-order valence-electron chi connectivity index (χ4n) is 1.62. The van der Waals surface area contributed by atoms with Crippen LogP contribution in [0.15, 0.2) is 29.0 Å². The van der Waals surface area contributed by atoms with Crippen LogP contribution >= 0.6 is 0 Å². The van der Waals surface area contributed by atoms with Gasteiger partial charge < -0.3 is 15.7 Å². The number of hydrogen-bond donors (Lipinski definition) is 2. The van der Waals surface area contributed by atoms with Crippen LogP contribution in [0.3, 0.4) is 0 Å². The van der Waals surface area contributed by atoms with Gasteiger partial charge in [-0.2, -0.15) is 0 Å². The molecule has 0 bridgehead atoms. The summed E-state index contributed by atoms with van der Waals surface area (Å²) in [4.78, 5) is 6.48. The number of rotatable bonds is 3. The molecular weight excluding hydrogens is 190 g/mol. The van der Waals surface area contributed by atoms with Crippen molar-refractivity contribution >= 4 is 5.71 Å². The van der Waals surface area contributed by atoms with E-state index in [0.717, 1.165) is 11.4 Å². The molecule has 0 radical (unpaired) electrons. The van der Waals surface area contributed by atoms with E-state index in [-0.39, 0.29) is 6.17 Å². The van der Waals surface area contributed by atoms with Gasteiger partial charge in [0.05, 0.1) is 0 Å². The Morgan fingerprint density at radius 3 is 2.87 bits per heavy atom. The van der Waals surface area contributed by atoms with Gasteiger partial charge in [0.25, 0.3) is 0 Å². The average Bonchev–Trinajstić information content (AvgIpc) is 2.08. The summed E-state index contributed by atoms with van der Waals surface area (Å²) < 4.78 is 0. The molecule has 0 aromatic carbocycles. The van der Waals surface area contributed by atoms with Gasteiger partial charge in [-0.1, -0.05) is 6.08 Å². The summed E-state index contributed by atoms with van der Waals surface area (Å²) in [6, 6.07) is 0. The maximum atomic E-state index is 8.92. The van der Waals surface area contributed by atoms with Gasteiger partial charge in [0.1, 0.15) is 12.4 Å². The van der Waals surface area contributed by atoms with Crippen LogP contribution in [0.5, 0.6) is 0 Å². The number of allylic oxidation sites excluding steroid dienone is 2. The molecule has 4 nitrogen and oxygen atoms in total. The lowest BCUT2D eigenvalue weighted by Gasteiger charge is -2.29. The van der Waals surface area contributed by atoms with Crippen LogP contribution in [0.2, 0.25) is 0 Å². The topological polar surface area (TPSA) is 61.8 Å². The van der Waals surface area contributed by atoms with Crippen molar-refractivity contribution in [1.82, 2.24) is 4.90 Å². The van der Waals surface area contributed by atoms with Gasteiger partial charge in [-0.15, -0.1) is 0 Å². The molecule has 0 saturated carbocycles. The number of aliphatic hydroxyl groups excluding tert-OH is 1. The third-order valence-electron chi connectivity index (χ3n) is 2.26. The van der Waals surface area contributed by atoms with E-state index < -0.39 is 6.23 Å². The summed E-state index contributed by atoms with van der Waals surface area (Å²) in [5.41, 5.74) is 7.44. The molecule has 2 unspecified atom stereocenters. The van der Waals surface area contributed by atoms with Gasteiger partial charge in [0.2, 0.25) is 0 Å². The van der Waals surface area contributed by atoms with Crippen LogP contribution in [0, 0.1) is 0 Å². The summed E-state index contributed by atoms with van der Waals surface area (Å²) in [6.07, 6.45) is 5.59. The van der Waals surface area contributed by atoms with Gasteiger partial charge in [-0.25, -0.2) is 0 Å². The van der Waals surface area contributed by atoms with Crippen LogP contribution in [0.1, 0.15) is 27.2 Å². The quantitative estimate of drug-likeness (QED) is 0.686. The Balaban J connectivity index is 2.64. The molecule has 3 N–H and O–H groups in total. The van der Waals surface area contributed by atoms with E-state index in [0.29, 0.717) is 6.42 Å². The molecule has 0 amide bonds. The van der Waals surface area contributed by atoms with E-state index in [1.165, 1.54) is 0 Å². The van der Waals surface area contributed by atoms with E-state index in [1.54, 1.807) is 0 Å². The zero-order valence-electron chi connectivity index (χ0n) is 9.51. The van der Waals surface area contributed by atoms with Crippen molar-refractivity contribution in [3.63, 3.8) is 0 Å². The Morgan fingerprint density at radius 2 is 2.33 bits per heavy atom. The standard InChI is InChI=1S/C11H19N3O/c1-8-7-9(2)14(10(3)13-8)6-4-5-11(12)15/h4,6-7,10-11,15H,5,12H2,1-3H3/b6-4-. The SMILES string of the molecule is CC1=CC(C)=NC(C)N1/C=C\CC(N)O. The Hall–Kier alpha value is -1.13. The first-order valence-electron chi connectivity index (χ1n) is 5.12. The summed E-state index contributed by atoms with van der Waals surface area (Å²) in [7, 11) is 0. The Kier molecular flexibility index (Phi) is 4.05. The second kappa shape index (κ2) is 5.09. The molecule has 84 valence electrons. The molecule has 4 heteroatoms.